The van der Waals surface area contributed by atoms with E-state index in [1.165, 1.54) is 15.6 Å². The molecule has 12 nitrogen and oxygen atoms in total. The highest BCUT2D eigenvalue weighted by atomic mass is 19.1. The lowest BCUT2D eigenvalue weighted by molar-refractivity contribution is 0.102. The molecule has 1 fully saturated rings. The van der Waals surface area contributed by atoms with Gasteiger partial charge in [-0.15, -0.1) is 0 Å². The molecule has 38 heavy (non-hydrogen) atoms. The third-order valence-corrected chi connectivity index (χ3v) is 5.96. The van der Waals surface area contributed by atoms with Crippen molar-refractivity contribution in [2.75, 3.05) is 43.5 Å². The number of aromatic nitrogens is 4. The van der Waals surface area contributed by atoms with E-state index in [1.807, 2.05) is 6.92 Å². The number of rotatable bonds is 9. The van der Waals surface area contributed by atoms with Gasteiger partial charge < -0.3 is 30.7 Å². The minimum Gasteiger partial charge on any atom is -0.462 e. The third-order valence-electron chi connectivity index (χ3n) is 5.96. The number of hydrogen-bond donors (Lipinski definition) is 3. The lowest BCUT2D eigenvalue weighted by Crippen LogP contribution is -2.29. The zero-order valence-corrected chi connectivity index (χ0v) is 20.9. The number of hydrogen-bond acceptors (Lipinski definition) is 9. The van der Waals surface area contributed by atoms with Crippen molar-refractivity contribution in [2.45, 2.75) is 13.0 Å². The molecule has 4 aromatic rings. The summed E-state index contributed by atoms with van der Waals surface area (Å²) in [5.41, 5.74) is 7.67. The van der Waals surface area contributed by atoms with Crippen LogP contribution < -0.4 is 21.1 Å². The summed E-state index contributed by atoms with van der Waals surface area (Å²) in [6.07, 6.45) is 2.84. The largest absolute Gasteiger partial charge is 0.462 e. The number of amides is 2. The van der Waals surface area contributed by atoms with Gasteiger partial charge in [0.15, 0.2) is 5.82 Å². The molecule has 0 bridgehead atoms. The van der Waals surface area contributed by atoms with Crippen LogP contribution in [-0.2, 0) is 11.8 Å². The van der Waals surface area contributed by atoms with Crippen molar-refractivity contribution in [3.63, 3.8) is 0 Å². The predicted octanol–water partition coefficient (Wildman–Crippen LogP) is 2.50. The minimum absolute atomic E-state index is 0.0475. The van der Waals surface area contributed by atoms with Crippen LogP contribution in [0.5, 0.6) is 6.01 Å². The quantitative estimate of drug-likeness (QED) is 0.301. The smallest absolute Gasteiger partial charge is 0.410 e. The number of nitrogens with one attached hydrogen (secondary N) is 2. The molecular weight excluding hydrogens is 495 g/mol. The van der Waals surface area contributed by atoms with Gasteiger partial charge in [-0.25, -0.2) is 14.2 Å². The summed E-state index contributed by atoms with van der Waals surface area (Å²) in [5, 5.41) is 11.2. The van der Waals surface area contributed by atoms with Gasteiger partial charge >= 0.3 is 12.1 Å². The van der Waals surface area contributed by atoms with Crippen molar-refractivity contribution in [3.8, 4) is 6.01 Å². The number of halogens is 1. The number of fused-ring (bicyclic) bond motifs is 2. The SMILES string of the molecule is C[C@@H](N)CNc1ccc(C(=O)Nc2cc(F)c3nn(C)cc3c2)c2nc(OCCN3CCOC3=O)ncc12. The molecule has 2 aromatic heterocycles. The summed E-state index contributed by atoms with van der Waals surface area (Å²) < 4.78 is 26.7. The first-order valence-electron chi connectivity index (χ1n) is 12.1. The Hall–Kier alpha value is -4.52. The lowest BCUT2D eigenvalue weighted by atomic mass is 10.1. The van der Waals surface area contributed by atoms with Crippen molar-refractivity contribution in [2.24, 2.45) is 12.8 Å². The number of anilines is 2. The average Bonchev–Trinajstić information content (AvgIpc) is 3.46. The van der Waals surface area contributed by atoms with Crippen LogP contribution in [0.25, 0.3) is 21.8 Å². The highest BCUT2D eigenvalue weighted by Gasteiger charge is 2.22. The number of nitrogens with zero attached hydrogens (tertiary/aromatic N) is 5. The Morgan fingerprint density at radius 1 is 1.32 bits per heavy atom. The van der Waals surface area contributed by atoms with Gasteiger partial charge in [-0.2, -0.15) is 10.1 Å². The molecule has 4 N–H and O–H groups in total. The molecule has 0 spiro atoms. The number of ether oxygens (including phenoxy) is 2. The van der Waals surface area contributed by atoms with Gasteiger partial charge in [-0.05, 0) is 31.2 Å². The first-order chi connectivity index (χ1) is 18.3. The van der Waals surface area contributed by atoms with E-state index in [4.69, 9.17) is 15.2 Å². The molecule has 1 aliphatic rings. The number of benzene rings is 2. The van der Waals surface area contributed by atoms with Crippen molar-refractivity contribution in [1.29, 1.82) is 0 Å². The van der Waals surface area contributed by atoms with E-state index >= 15 is 0 Å². The average molecular weight is 523 g/mol. The molecule has 198 valence electrons. The second-order valence-electron chi connectivity index (χ2n) is 9.04. The molecular formula is C25H27FN8O4. The van der Waals surface area contributed by atoms with E-state index in [0.717, 1.165) is 0 Å². The summed E-state index contributed by atoms with van der Waals surface area (Å²) in [6, 6.07) is 6.18. The standard InChI is InChI=1S/C25H27FN8O4/c1-14(27)11-28-20-4-3-17(23(35)30-16-9-15-13-33(2)32-21(15)19(26)10-16)22-18(20)12-29-24(31-22)37-7-5-34-6-8-38-25(34)36/h3-4,9-10,12-14,28H,5-8,11,27H2,1-2H3,(H,30,35)/t14-/m1/s1. The predicted molar refractivity (Wildman–Crippen MR) is 139 cm³/mol. The van der Waals surface area contributed by atoms with Gasteiger partial charge in [0.2, 0.25) is 0 Å². The highest BCUT2D eigenvalue weighted by molar-refractivity contribution is 6.14. The van der Waals surface area contributed by atoms with Crippen LogP contribution in [0, 0.1) is 5.82 Å². The summed E-state index contributed by atoms with van der Waals surface area (Å²) >= 11 is 0. The van der Waals surface area contributed by atoms with Crippen LogP contribution in [0.4, 0.5) is 20.6 Å². The van der Waals surface area contributed by atoms with E-state index < -0.39 is 17.8 Å². The second-order valence-corrected chi connectivity index (χ2v) is 9.04. The van der Waals surface area contributed by atoms with Crippen molar-refractivity contribution >= 4 is 45.2 Å². The summed E-state index contributed by atoms with van der Waals surface area (Å²) in [4.78, 5) is 35.3. The molecule has 1 atom stereocenters. The Labute approximate surface area is 216 Å². The maximum atomic E-state index is 14.6. The molecule has 0 saturated carbocycles. The first-order valence-corrected chi connectivity index (χ1v) is 12.1. The van der Waals surface area contributed by atoms with E-state index in [9.17, 15) is 14.0 Å². The third kappa shape index (κ3) is 5.27. The molecule has 1 saturated heterocycles. The highest BCUT2D eigenvalue weighted by Crippen LogP contribution is 2.28. The number of nitrogens with two attached hydrogens (primary N) is 1. The Morgan fingerprint density at radius 3 is 2.92 bits per heavy atom. The second kappa shape index (κ2) is 10.5. The molecule has 13 heteroatoms. The number of carbonyl (C=O) groups excluding carboxylic acids is 2. The topological polar surface area (TPSA) is 150 Å². The fourth-order valence-electron chi connectivity index (χ4n) is 4.14. The molecule has 2 aromatic carbocycles. The zero-order chi connectivity index (χ0) is 26.8. The molecule has 5 rings (SSSR count). The van der Waals surface area contributed by atoms with E-state index in [2.05, 4.69) is 25.7 Å². The molecule has 2 amide bonds. The van der Waals surface area contributed by atoms with Gasteiger partial charge in [-0.1, -0.05) is 0 Å². The normalized spacial score (nSPS) is 14.1. The minimum atomic E-state index is -0.543. The van der Waals surface area contributed by atoms with Crippen molar-refractivity contribution in [1.82, 2.24) is 24.6 Å². The van der Waals surface area contributed by atoms with Crippen LogP contribution in [0.2, 0.25) is 0 Å². The summed E-state index contributed by atoms with van der Waals surface area (Å²) in [5.74, 6) is -1.03. The van der Waals surface area contributed by atoms with Crippen LogP contribution in [0.1, 0.15) is 17.3 Å². The molecule has 0 radical (unpaired) electrons. The molecule has 1 aliphatic heterocycles. The van der Waals surface area contributed by atoms with Gasteiger partial charge in [0.1, 0.15) is 18.7 Å². The van der Waals surface area contributed by atoms with Gasteiger partial charge in [0, 0.05) is 54.2 Å². The van der Waals surface area contributed by atoms with Crippen LogP contribution in [0.15, 0.2) is 36.7 Å². The number of carbonyl (C=O) groups is 2. The summed E-state index contributed by atoms with van der Waals surface area (Å²) in [6.45, 7) is 3.66. The summed E-state index contributed by atoms with van der Waals surface area (Å²) in [7, 11) is 1.70. The van der Waals surface area contributed by atoms with Crippen molar-refractivity contribution < 1.29 is 23.5 Å². The zero-order valence-electron chi connectivity index (χ0n) is 20.9. The van der Waals surface area contributed by atoms with E-state index in [0.29, 0.717) is 48.2 Å². The van der Waals surface area contributed by atoms with Gasteiger partial charge in [0.05, 0.1) is 24.2 Å². The van der Waals surface area contributed by atoms with E-state index in [-0.39, 0.29) is 35.4 Å². The Morgan fingerprint density at radius 2 is 2.16 bits per heavy atom. The maximum Gasteiger partial charge on any atom is 0.410 e. The molecule has 3 heterocycles. The maximum absolute atomic E-state index is 14.6. The Bertz CT molecular complexity index is 1520. The first kappa shape index (κ1) is 25.1. The number of aryl methyl sites for hydroxylation is 1. The van der Waals surface area contributed by atoms with Crippen LogP contribution in [0.3, 0.4) is 0 Å². The van der Waals surface area contributed by atoms with Crippen LogP contribution >= 0.6 is 0 Å². The van der Waals surface area contributed by atoms with E-state index in [1.54, 1.807) is 37.6 Å². The van der Waals surface area contributed by atoms with Gasteiger partial charge in [0.25, 0.3) is 5.91 Å². The Balaban J connectivity index is 1.43. The van der Waals surface area contributed by atoms with Crippen LogP contribution in [-0.4, -0.2) is 75.5 Å². The number of cyclic esters (lactones) is 1. The van der Waals surface area contributed by atoms with Crippen molar-refractivity contribution in [3.05, 3.63) is 48.0 Å². The Kier molecular flexibility index (Phi) is 6.92. The lowest BCUT2D eigenvalue weighted by Gasteiger charge is -2.15. The monoisotopic (exact) mass is 522 g/mol. The van der Waals surface area contributed by atoms with Gasteiger partial charge in [-0.3, -0.25) is 9.48 Å². The fraction of sp³-hybridized carbons (Fsp3) is 0.320. The molecule has 0 aliphatic carbocycles. The molecule has 0 unspecified atom stereocenters. The fourth-order valence-corrected chi connectivity index (χ4v) is 4.14.